The van der Waals surface area contributed by atoms with Crippen LogP contribution in [0.2, 0.25) is 0 Å². The Kier molecular flexibility index (Phi) is 6.94. The van der Waals surface area contributed by atoms with Crippen LogP contribution in [0.1, 0.15) is 29.5 Å². The second-order valence-corrected chi connectivity index (χ2v) is 7.49. The maximum absolute atomic E-state index is 12.7. The molecule has 2 aromatic rings. The van der Waals surface area contributed by atoms with E-state index in [9.17, 15) is 23.3 Å². The third-order valence-electron chi connectivity index (χ3n) is 5.23. The molecule has 1 aliphatic rings. The van der Waals surface area contributed by atoms with E-state index in [1.165, 1.54) is 30.3 Å². The Morgan fingerprint density at radius 1 is 1.17 bits per heavy atom. The number of piperidine rings is 1. The zero-order chi connectivity index (χ0) is 21.7. The van der Waals surface area contributed by atoms with Gasteiger partial charge in [0.25, 0.3) is 5.69 Å². The van der Waals surface area contributed by atoms with E-state index < -0.39 is 16.7 Å². The van der Waals surface area contributed by atoms with E-state index in [1.807, 2.05) is 0 Å². The number of nitrogens with one attached hydrogen (secondary N) is 1. The van der Waals surface area contributed by atoms with Crippen molar-refractivity contribution in [3.63, 3.8) is 0 Å². The molecular weight excluding hydrogens is 399 g/mol. The minimum Gasteiger partial charge on any atom is -0.489 e. The normalized spacial score (nSPS) is 15.9. The minimum absolute atomic E-state index is 0.0305. The molecule has 1 heterocycles. The monoisotopic (exact) mass is 423 g/mol. The van der Waals surface area contributed by atoms with Crippen molar-refractivity contribution in [2.45, 2.75) is 38.2 Å². The lowest BCUT2D eigenvalue weighted by molar-refractivity contribution is -0.384. The molecule has 6 nitrogen and oxygen atoms in total. The fourth-order valence-corrected chi connectivity index (χ4v) is 3.38. The fraction of sp³-hybridized carbons (Fsp3) is 0.429. The van der Waals surface area contributed by atoms with Crippen LogP contribution >= 0.6 is 0 Å². The van der Waals surface area contributed by atoms with E-state index in [4.69, 9.17) is 4.74 Å². The van der Waals surface area contributed by atoms with E-state index in [-0.39, 0.29) is 12.3 Å². The first kappa shape index (κ1) is 22.0. The van der Waals surface area contributed by atoms with Crippen LogP contribution in [0.15, 0.2) is 42.5 Å². The molecule has 1 fully saturated rings. The van der Waals surface area contributed by atoms with Crippen molar-refractivity contribution in [3.8, 4) is 5.75 Å². The third kappa shape index (κ3) is 5.93. The van der Waals surface area contributed by atoms with Gasteiger partial charge in [0.2, 0.25) is 0 Å². The molecule has 0 amide bonds. The average molecular weight is 423 g/mol. The molecule has 162 valence electrons. The van der Waals surface area contributed by atoms with Gasteiger partial charge < -0.3 is 15.0 Å². The van der Waals surface area contributed by atoms with E-state index in [0.29, 0.717) is 29.5 Å². The minimum atomic E-state index is -4.38. The number of hydrogen-bond donors (Lipinski definition) is 1. The van der Waals surface area contributed by atoms with E-state index in [0.717, 1.165) is 38.1 Å². The molecule has 30 heavy (non-hydrogen) atoms. The Bertz CT molecular complexity index is 864. The van der Waals surface area contributed by atoms with Gasteiger partial charge in [-0.25, -0.2) is 0 Å². The van der Waals surface area contributed by atoms with Crippen LogP contribution in [-0.2, 0) is 19.3 Å². The van der Waals surface area contributed by atoms with E-state index in [1.54, 1.807) is 0 Å². The molecular formula is C21H24F3N3O3. The lowest BCUT2D eigenvalue weighted by Crippen LogP contribution is -2.40. The molecule has 1 aliphatic heterocycles. The third-order valence-corrected chi connectivity index (χ3v) is 5.23. The summed E-state index contributed by atoms with van der Waals surface area (Å²) >= 11 is 0. The Hall–Kier alpha value is -2.65. The quantitative estimate of drug-likeness (QED) is 0.529. The van der Waals surface area contributed by atoms with E-state index in [2.05, 4.69) is 17.3 Å². The van der Waals surface area contributed by atoms with Crippen LogP contribution < -0.4 is 10.1 Å². The van der Waals surface area contributed by atoms with Crippen LogP contribution in [0.3, 0.4) is 0 Å². The Morgan fingerprint density at radius 3 is 2.43 bits per heavy atom. The van der Waals surface area contributed by atoms with Crippen molar-refractivity contribution in [2.24, 2.45) is 0 Å². The predicted octanol–water partition coefficient (Wildman–Crippen LogP) is 4.38. The van der Waals surface area contributed by atoms with Crippen molar-refractivity contribution in [1.29, 1.82) is 0 Å². The first-order valence-corrected chi connectivity index (χ1v) is 9.70. The number of likely N-dealkylation sites (tertiary alicyclic amines) is 1. The van der Waals surface area contributed by atoms with Gasteiger partial charge in [-0.3, -0.25) is 10.1 Å². The molecule has 0 aliphatic carbocycles. The van der Waals surface area contributed by atoms with Gasteiger partial charge in [0.15, 0.2) is 0 Å². The number of benzene rings is 2. The van der Waals surface area contributed by atoms with Gasteiger partial charge in [-0.15, -0.1) is 0 Å². The molecule has 1 saturated heterocycles. The summed E-state index contributed by atoms with van der Waals surface area (Å²) in [5, 5.41) is 14.6. The highest BCUT2D eigenvalue weighted by atomic mass is 19.4. The van der Waals surface area contributed by atoms with Gasteiger partial charge in [0.05, 0.1) is 10.5 Å². The second-order valence-electron chi connectivity index (χ2n) is 7.49. The molecule has 0 spiro atoms. The summed E-state index contributed by atoms with van der Waals surface area (Å²) in [6.45, 7) is 2.46. The highest BCUT2D eigenvalue weighted by Gasteiger charge is 2.30. The first-order chi connectivity index (χ1) is 14.2. The zero-order valence-electron chi connectivity index (χ0n) is 16.6. The molecule has 0 saturated carbocycles. The van der Waals surface area contributed by atoms with Gasteiger partial charge in [0.1, 0.15) is 12.4 Å². The number of ether oxygens (including phenoxy) is 1. The predicted molar refractivity (Wildman–Crippen MR) is 106 cm³/mol. The average Bonchev–Trinajstić information content (AvgIpc) is 2.71. The van der Waals surface area contributed by atoms with Gasteiger partial charge in [-0.1, -0.05) is 12.1 Å². The summed E-state index contributed by atoms with van der Waals surface area (Å²) < 4.78 is 43.9. The van der Waals surface area contributed by atoms with Crippen molar-refractivity contribution in [2.75, 3.05) is 20.1 Å². The number of non-ortho nitro benzene ring substituents is 1. The summed E-state index contributed by atoms with van der Waals surface area (Å²) in [6, 6.07) is 9.45. The first-order valence-electron chi connectivity index (χ1n) is 9.70. The van der Waals surface area contributed by atoms with Crippen LogP contribution in [0.4, 0.5) is 18.9 Å². The van der Waals surface area contributed by atoms with Crippen LogP contribution in [0.5, 0.6) is 5.75 Å². The van der Waals surface area contributed by atoms with Crippen molar-refractivity contribution in [1.82, 2.24) is 10.2 Å². The Balaban J connectivity index is 1.67. The van der Waals surface area contributed by atoms with Gasteiger partial charge in [-0.2, -0.15) is 13.2 Å². The number of rotatable bonds is 7. The summed E-state index contributed by atoms with van der Waals surface area (Å²) in [7, 11) is 2.07. The highest BCUT2D eigenvalue weighted by Crippen LogP contribution is 2.30. The standard InChI is InChI=1S/C21H24F3N3O3/c1-26-10-8-18(9-11-26)25-13-16-12-19(27(28)29)6-7-20(16)30-14-15-2-4-17(5-3-15)21(22,23)24/h2-7,12,18,25H,8-11,13-14H2,1H3. The largest absolute Gasteiger partial charge is 0.489 e. The molecule has 0 radical (unpaired) electrons. The van der Waals surface area contributed by atoms with E-state index >= 15 is 0 Å². The molecule has 0 unspecified atom stereocenters. The molecule has 3 rings (SSSR count). The number of alkyl halides is 3. The highest BCUT2D eigenvalue weighted by molar-refractivity contribution is 5.44. The number of hydrogen-bond acceptors (Lipinski definition) is 5. The topological polar surface area (TPSA) is 67.6 Å². The Morgan fingerprint density at radius 2 is 1.83 bits per heavy atom. The SMILES string of the molecule is CN1CCC(NCc2cc([N+](=O)[O-])ccc2OCc2ccc(C(F)(F)F)cc2)CC1. The lowest BCUT2D eigenvalue weighted by Gasteiger charge is -2.29. The van der Waals surface area contributed by atoms with Crippen LogP contribution in [0, 0.1) is 10.1 Å². The summed E-state index contributed by atoms with van der Waals surface area (Å²) in [5.41, 5.74) is 0.479. The van der Waals surface area contributed by atoms with Crippen molar-refractivity contribution >= 4 is 5.69 Å². The van der Waals surface area contributed by atoms with Gasteiger partial charge >= 0.3 is 6.18 Å². The fourth-order valence-electron chi connectivity index (χ4n) is 3.38. The maximum Gasteiger partial charge on any atom is 0.416 e. The van der Waals surface area contributed by atoms with Crippen LogP contribution in [-0.4, -0.2) is 36.0 Å². The Labute approximate surface area is 172 Å². The van der Waals surface area contributed by atoms with Gasteiger partial charge in [-0.05, 0) is 56.7 Å². The summed E-state index contributed by atoms with van der Waals surface area (Å²) in [5.74, 6) is 0.473. The lowest BCUT2D eigenvalue weighted by atomic mass is 10.0. The van der Waals surface area contributed by atoms with Gasteiger partial charge in [0, 0.05) is 30.3 Å². The van der Waals surface area contributed by atoms with Crippen molar-refractivity contribution < 1.29 is 22.8 Å². The number of nitro benzene ring substituents is 1. The number of nitrogens with zero attached hydrogens (tertiary/aromatic N) is 2. The summed E-state index contributed by atoms with van der Waals surface area (Å²) in [4.78, 5) is 12.9. The zero-order valence-corrected chi connectivity index (χ0v) is 16.6. The number of nitro groups is 1. The molecule has 0 bridgehead atoms. The number of halogens is 3. The molecule has 2 aromatic carbocycles. The molecule has 0 atom stereocenters. The molecule has 0 aromatic heterocycles. The molecule has 9 heteroatoms. The van der Waals surface area contributed by atoms with Crippen LogP contribution in [0.25, 0.3) is 0 Å². The maximum atomic E-state index is 12.7. The second kappa shape index (κ2) is 9.44. The summed E-state index contributed by atoms with van der Waals surface area (Å²) in [6.07, 6.45) is -2.40. The molecule has 1 N–H and O–H groups in total. The van der Waals surface area contributed by atoms with Crippen molar-refractivity contribution in [3.05, 3.63) is 69.3 Å². The smallest absolute Gasteiger partial charge is 0.416 e.